The second kappa shape index (κ2) is 6.34. The summed E-state index contributed by atoms with van der Waals surface area (Å²) < 4.78 is 6.87. The van der Waals surface area contributed by atoms with E-state index in [-0.39, 0.29) is 6.61 Å². The zero-order chi connectivity index (χ0) is 12.0. The maximum atomic E-state index is 8.53. The van der Waals surface area contributed by atoms with Gasteiger partial charge in [-0.25, -0.2) is 0 Å². The third-order valence-corrected chi connectivity index (χ3v) is 2.27. The van der Waals surface area contributed by atoms with Crippen LogP contribution in [0, 0.1) is 0 Å². The highest BCUT2D eigenvalue weighted by Gasteiger charge is 2.10. The maximum Gasteiger partial charge on any atom is 0.147 e. The van der Waals surface area contributed by atoms with E-state index in [4.69, 9.17) is 15.6 Å². The molecule has 0 bridgehead atoms. The molecule has 0 unspecified atom stereocenters. The molecule has 0 spiro atoms. The van der Waals surface area contributed by atoms with Crippen molar-refractivity contribution in [1.82, 2.24) is 9.78 Å². The third-order valence-electron chi connectivity index (χ3n) is 2.27. The number of ether oxygens (including phenoxy) is 1. The first kappa shape index (κ1) is 12.8. The van der Waals surface area contributed by atoms with Gasteiger partial charge in [0.2, 0.25) is 0 Å². The highest BCUT2D eigenvalue weighted by Crippen LogP contribution is 2.21. The molecule has 6 nitrogen and oxygen atoms in total. The number of aryl methyl sites for hydroxylation is 2. The number of nitrogens with two attached hydrogens (primary N) is 1. The van der Waals surface area contributed by atoms with E-state index in [0.717, 1.165) is 17.9 Å². The minimum Gasteiger partial charge on any atom is -0.394 e. The number of hydrogen-bond acceptors (Lipinski definition) is 5. The first-order valence-electron chi connectivity index (χ1n) is 5.44. The van der Waals surface area contributed by atoms with Gasteiger partial charge in [-0.15, -0.1) is 0 Å². The number of aliphatic hydroxyl groups is 1. The Morgan fingerprint density at radius 2 is 2.25 bits per heavy atom. The van der Waals surface area contributed by atoms with Gasteiger partial charge in [0.1, 0.15) is 5.82 Å². The lowest BCUT2D eigenvalue weighted by Gasteiger charge is -2.07. The molecular formula is C10H20N4O2. The number of aliphatic hydroxyl groups excluding tert-OH is 1. The molecule has 16 heavy (non-hydrogen) atoms. The van der Waals surface area contributed by atoms with E-state index >= 15 is 0 Å². The fraction of sp³-hybridized carbons (Fsp3) is 0.700. The van der Waals surface area contributed by atoms with Crippen molar-refractivity contribution in [1.29, 1.82) is 0 Å². The van der Waals surface area contributed by atoms with Crippen LogP contribution < -0.4 is 11.1 Å². The van der Waals surface area contributed by atoms with E-state index in [2.05, 4.69) is 10.4 Å². The van der Waals surface area contributed by atoms with Gasteiger partial charge in [0.05, 0.1) is 31.2 Å². The number of nitrogens with one attached hydrogen (secondary N) is 1. The van der Waals surface area contributed by atoms with Crippen LogP contribution in [-0.2, 0) is 18.2 Å². The van der Waals surface area contributed by atoms with Crippen molar-refractivity contribution in [2.24, 2.45) is 7.05 Å². The normalized spacial score (nSPS) is 10.7. The first-order chi connectivity index (χ1) is 7.70. The summed E-state index contributed by atoms with van der Waals surface area (Å²) in [6, 6.07) is 0. The Balaban J connectivity index is 2.44. The lowest BCUT2D eigenvalue weighted by Crippen LogP contribution is -2.14. The predicted octanol–water partition coefficient (Wildman–Crippen LogP) is -0.0145. The molecule has 92 valence electrons. The van der Waals surface area contributed by atoms with Crippen molar-refractivity contribution in [3.05, 3.63) is 5.69 Å². The standard InChI is InChI=1S/C10H20N4O2/c1-3-8-9(11)10(14(2)13-8)12-4-6-16-7-5-15/h12,15H,3-7,11H2,1-2H3. The van der Waals surface area contributed by atoms with Gasteiger partial charge in [-0.05, 0) is 6.42 Å². The Hall–Kier alpha value is -1.27. The molecule has 0 aliphatic carbocycles. The molecule has 0 aliphatic rings. The van der Waals surface area contributed by atoms with E-state index in [1.807, 2.05) is 14.0 Å². The Morgan fingerprint density at radius 1 is 1.50 bits per heavy atom. The van der Waals surface area contributed by atoms with Crippen molar-refractivity contribution >= 4 is 11.5 Å². The first-order valence-corrected chi connectivity index (χ1v) is 5.44. The van der Waals surface area contributed by atoms with Gasteiger partial charge in [-0.1, -0.05) is 6.92 Å². The lowest BCUT2D eigenvalue weighted by atomic mass is 10.3. The lowest BCUT2D eigenvalue weighted by molar-refractivity contribution is 0.0991. The smallest absolute Gasteiger partial charge is 0.147 e. The molecule has 0 saturated heterocycles. The van der Waals surface area contributed by atoms with Gasteiger partial charge in [0.15, 0.2) is 0 Å². The van der Waals surface area contributed by atoms with Crippen LogP contribution >= 0.6 is 0 Å². The topological polar surface area (TPSA) is 85.3 Å². The summed E-state index contributed by atoms with van der Waals surface area (Å²) in [5.41, 5.74) is 7.53. The molecule has 1 aromatic rings. The van der Waals surface area contributed by atoms with Crippen molar-refractivity contribution in [3.8, 4) is 0 Å². The summed E-state index contributed by atoms with van der Waals surface area (Å²) in [7, 11) is 1.85. The van der Waals surface area contributed by atoms with Crippen molar-refractivity contribution in [2.75, 3.05) is 37.4 Å². The maximum absolute atomic E-state index is 8.53. The Kier molecular flexibility index (Phi) is 5.07. The van der Waals surface area contributed by atoms with Crippen LogP contribution in [-0.4, -0.2) is 41.3 Å². The van der Waals surface area contributed by atoms with Crippen LogP contribution in [0.25, 0.3) is 0 Å². The molecule has 0 atom stereocenters. The monoisotopic (exact) mass is 228 g/mol. The van der Waals surface area contributed by atoms with Crippen LogP contribution in [0.4, 0.5) is 11.5 Å². The second-order valence-electron chi connectivity index (χ2n) is 3.45. The van der Waals surface area contributed by atoms with E-state index in [0.29, 0.717) is 25.4 Å². The van der Waals surface area contributed by atoms with E-state index in [9.17, 15) is 0 Å². The quantitative estimate of drug-likeness (QED) is 0.571. The largest absolute Gasteiger partial charge is 0.394 e. The van der Waals surface area contributed by atoms with E-state index in [1.165, 1.54) is 0 Å². The predicted molar refractivity (Wildman–Crippen MR) is 63.4 cm³/mol. The minimum atomic E-state index is 0.0494. The van der Waals surface area contributed by atoms with Gasteiger partial charge in [-0.2, -0.15) is 5.10 Å². The summed E-state index contributed by atoms with van der Waals surface area (Å²) in [5, 5.41) is 16.0. The Labute approximate surface area is 95.4 Å². The van der Waals surface area contributed by atoms with Crippen LogP contribution in [0.15, 0.2) is 0 Å². The average molecular weight is 228 g/mol. The van der Waals surface area contributed by atoms with Crippen LogP contribution in [0.5, 0.6) is 0 Å². The molecule has 1 rings (SSSR count). The number of anilines is 2. The van der Waals surface area contributed by atoms with Crippen molar-refractivity contribution in [2.45, 2.75) is 13.3 Å². The van der Waals surface area contributed by atoms with Gasteiger partial charge < -0.3 is 20.9 Å². The molecule has 0 aliphatic heterocycles. The molecule has 6 heteroatoms. The Morgan fingerprint density at radius 3 is 2.81 bits per heavy atom. The molecule has 0 radical (unpaired) electrons. The number of nitrogens with zero attached hydrogens (tertiary/aromatic N) is 2. The summed E-state index contributed by atoms with van der Waals surface area (Å²) in [6.07, 6.45) is 0.822. The van der Waals surface area contributed by atoms with Crippen LogP contribution in [0.3, 0.4) is 0 Å². The number of hydrogen-bond donors (Lipinski definition) is 3. The average Bonchev–Trinajstić information content (AvgIpc) is 2.55. The zero-order valence-electron chi connectivity index (χ0n) is 9.86. The highest BCUT2D eigenvalue weighted by atomic mass is 16.5. The molecular weight excluding hydrogens is 208 g/mol. The number of nitrogen functional groups attached to an aromatic ring is 1. The fourth-order valence-electron chi connectivity index (χ4n) is 1.47. The second-order valence-corrected chi connectivity index (χ2v) is 3.45. The molecule has 1 heterocycles. The number of aromatic nitrogens is 2. The summed E-state index contributed by atoms with van der Waals surface area (Å²) >= 11 is 0. The summed E-state index contributed by atoms with van der Waals surface area (Å²) in [5.74, 6) is 0.824. The van der Waals surface area contributed by atoms with Gasteiger partial charge in [0, 0.05) is 13.6 Å². The zero-order valence-corrected chi connectivity index (χ0v) is 9.86. The fourth-order valence-corrected chi connectivity index (χ4v) is 1.47. The van der Waals surface area contributed by atoms with Crippen LogP contribution in [0.2, 0.25) is 0 Å². The van der Waals surface area contributed by atoms with Crippen molar-refractivity contribution < 1.29 is 9.84 Å². The minimum absolute atomic E-state index is 0.0494. The molecule has 1 aromatic heterocycles. The van der Waals surface area contributed by atoms with Gasteiger partial charge in [0.25, 0.3) is 0 Å². The molecule has 0 saturated carbocycles. The number of rotatable bonds is 7. The Bertz CT molecular complexity index is 325. The molecule has 0 aromatic carbocycles. The van der Waals surface area contributed by atoms with Gasteiger partial charge in [-0.3, -0.25) is 4.68 Å². The van der Waals surface area contributed by atoms with Crippen molar-refractivity contribution in [3.63, 3.8) is 0 Å². The van der Waals surface area contributed by atoms with Crippen LogP contribution in [0.1, 0.15) is 12.6 Å². The summed E-state index contributed by atoms with van der Waals surface area (Å²) in [6.45, 7) is 3.61. The molecule has 0 amide bonds. The highest BCUT2D eigenvalue weighted by molar-refractivity contribution is 5.64. The SMILES string of the molecule is CCc1nn(C)c(NCCOCCO)c1N. The third kappa shape index (κ3) is 3.11. The van der Waals surface area contributed by atoms with E-state index in [1.54, 1.807) is 4.68 Å². The summed E-state index contributed by atoms with van der Waals surface area (Å²) in [4.78, 5) is 0. The molecule has 0 fully saturated rings. The molecule has 4 N–H and O–H groups in total. The van der Waals surface area contributed by atoms with E-state index < -0.39 is 0 Å². The van der Waals surface area contributed by atoms with Gasteiger partial charge >= 0.3 is 0 Å².